The van der Waals surface area contributed by atoms with Crippen molar-refractivity contribution in [2.75, 3.05) is 19.6 Å². The monoisotopic (exact) mass is 210 g/mol. The van der Waals surface area contributed by atoms with Crippen LogP contribution >= 0.6 is 0 Å². The van der Waals surface area contributed by atoms with Crippen LogP contribution in [0.15, 0.2) is 0 Å². The van der Waals surface area contributed by atoms with E-state index in [1.807, 2.05) is 11.8 Å². The lowest BCUT2D eigenvalue weighted by molar-refractivity contribution is -0.150. The van der Waals surface area contributed by atoms with Crippen LogP contribution in [-0.2, 0) is 9.59 Å². The summed E-state index contributed by atoms with van der Waals surface area (Å²) in [6, 6.07) is 0. The van der Waals surface area contributed by atoms with Crippen molar-refractivity contribution < 1.29 is 9.59 Å². The highest BCUT2D eigenvalue weighted by atomic mass is 16.2. The minimum atomic E-state index is -0.476. The molecular formula is C11H18N2O2. The largest absolute Gasteiger partial charge is 0.341 e. The molecule has 1 spiro atoms. The van der Waals surface area contributed by atoms with Crippen molar-refractivity contribution in [1.29, 1.82) is 0 Å². The van der Waals surface area contributed by atoms with Gasteiger partial charge in [-0.25, -0.2) is 0 Å². The Morgan fingerprint density at radius 2 is 2.00 bits per heavy atom. The molecule has 4 heteroatoms. The number of piperidine rings is 1. The third-order valence-corrected chi connectivity index (χ3v) is 3.75. The number of likely N-dealkylation sites (N-methyl/N-ethyl adjacent to an activating group) is 1. The van der Waals surface area contributed by atoms with Crippen molar-refractivity contribution in [2.24, 2.45) is 0 Å². The fraction of sp³-hybridized carbons (Fsp3) is 0.818. The number of carbonyl (C=O) groups is 2. The Bertz CT molecular complexity index is 280. The van der Waals surface area contributed by atoms with Crippen molar-refractivity contribution in [3.8, 4) is 0 Å². The number of carbonyl (C=O) groups excluding carboxylic acids is 2. The molecule has 0 aromatic carbocycles. The van der Waals surface area contributed by atoms with Crippen molar-refractivity contribution >= 4 is 12.3 Å². The number of hydrogen-bond acceptors (Lipinski definition) is 2. The van der Waals surface area contributed by atoms with Gasteiger partial charge in [0.1, 0.15) is 5.54 Å². The van der Waals surface area contributed by atoms with Gasteiger partial charge in [-0.3, -0.25) is 9.59 Å². The second-order valence-electron chi connectivity index (χ2n) is 4.42. The minimum Gasteiger partial charge on any atom is -0.341 e. The summed E-state index contributed by atoms with van der Waals surface area (Å²) in [6.07, 6.45) is 4.53. The van der Waals surface area contributed by atoms with Gasteiger partial charge in [-0.15, -0.1) is 0 Å². The lowest BCUT2D eigenvalue weighted by atomic mass is 9.85. The summed E-state index contributed by atoms with van der Waals surface area (Å²) < 4.78 is 0. The number of hydrogen-bond donors (Lipinski definition) is 0. The third-order valence-electron chi connectivity index (χ3n) is 3.75. The zero-order chi connectivity index (χ0) is 10.9. The fourth-order valence-electron chi connectivity index (χ4n) is 2.92. The molecule has 0 radical (unpaired) electrons. The minimum absolute atomic E-state index is 0.167. The molecule has 2 rings (SSSR count). The molecule has 2 aliphatic heterocycles. The van der Waals surface area contributed by atoms with Crippen LogP contribution in [0.4, 0.5) is 0 Å². The van der Waals surface area contributed by atoms with Crippen LogP contribution in [0.3, 0.4) is 0 Å². The van der Waals surface area contributed by atoms with E-state index in [0.29, 0.717) is 0 Å². The van der Waals surface area contributed by atoms with Gasteiger partial charge in [0, 0.05) is 19.6 Å². The highest BCUT2D eigenvalue weighted by molar-refractivity contribution is 5.89. The molecule has 0 aliphatic carbocycles. The van der Waals surface area contributed by atoms with E-state index < -0.39 is 5.54 Å². The van der Waals surface area contributed by atoms with Crippen LogP contribution in [0.25, 0.3) is 0 Å². The highest BCUT2D eigenvalue weighted by Crippen LogP contribution is 2.36. The van der Waals surface area contributed by atoms with Crippen LogP contribution < -0.4 is 0 Å². The molecule has 15 heavy (non-hydrogen) atoms. The maximum Gasteiger partial charge on any atom is 0.248 e. The van der Waals surface area contributed by atoms with E-state index in [1.165, 1.54) is 0 Å². The lowest BCUT2D eigenvalue weighted by Crippen LogP contribution is -2.59. The van der Waals surface area contributed by atoms with Crippen LogP contribution in [0, 0.1) is 0 Å². The van der Waals surface area contributed by atoms with Crippen molar-refractivity contribution in [2.45, 2.75) is 38.1 Å². The molecule has 84 valence electrons. The van der Waals surface area contributed by atoms with E-state index in [0.717, 1.165) is 51.7 Å². The van der Waals surface area contributed by atoms with Gasteiger partial charge >= 0.3 is 0 Å². The number of likely N-dealkylation sites (tertiary alicyclic amines) is 2. The van der Waals surface area contributed by atoms with Gasteiger partial charge in [0.15, 0.2) is 0 Å². The Kier molecular flexibility index (Phi) is 2.67. The smallest absolute Gasteiger partial charge is 0.248 e. The number of rotatable bonds is 2. The molecule has 1 atom stereocenters. The summed E-state index contributed by atoms with van der Waals surface area (Å²) in [7, 11) is 0. The second-order valence-corrected chi connectivity index (χ2v) is 4.42. The van der Waals surface area contributed by atoms with Gasteiger partial charge in [0.05, 0.1) is 0 Å². The third kappa shape index (κ3) is 1.43. The van der Waals surface area contributed by atoms with E-state index in [4.69, 9.17) is 0 Å². The second kappa shape index (κ2) is 3.83. The van der Waals surface area contributed by atoms with Gasteiger partial charge in [-0.1, -0.05) is 0 Å². The van der Waals surface area contributed by atoms with Crippen LogP contribution in [-0.4, -0.2) is 47.3 Å². The molecule has 0 unspecified atom stereocenters. The average molecular weight is 210 g/mol. The molecule has 2 saturated heterocycles. The number of nitrogens with zero attached hydrogens (tertiary/aromatic N) is 2. The Labute approximate surface area is 90.2 Å². The molecule has 0 saturated carbocycles. The number of amides is 2. The quantitative estimate of drug-likeness (QED) is 0.627. The zero-order valence-corrected chi connectivity index (χ0v) is 9.24. The maximum atomic E-state index is 12.3. The van der Waals surface area contributed by atoms with Gasteiger partial charge in [0.25, 0.3) is 0 Å². The molecular weight excluding hydrogens is 192 g/mol. The van der Waals surface area contributed by atoms with Gasteiger partial charge in [0.2, 0.25) is 12.3 Å². The summed E-state index contributed by atoms with van der Waals surface area (Å²) in [4.78, 5) is 26.9. The molecule has 2 fully saturated rings. The van der Waals surface area contributed by atoms with E-state index in [1.54, 1.807) is 4.90 Å². The molecule has 4 nitrogen and oxygen atoms in total. The first kappa shape index (κ1) is 10.5. The lowest BCUT2D eigenvalue weighted by Gasteiger charge is -2.42. The first-order valence-corrected chi connectivity index (χ1v) is 5.76. The van der Waals surface area contributed by atoms with Crippen molar-refractivity contribution in [3.63, 3.8) is 0 Å². The van der Waals surface area contributed by atoms with Crippen molar-refractivity contribution in [1.82, 2.24) is 9.80 Å². The standard InChI is InChI=1S/C11H18N2O2/c1-2-12-7-3-5-11(10(12)15)6-4-8-13(11)9-14/h9H,2-8H2,1H3/t11-/m0/s1. The summed E-state index contributed by atoms with van der Waals surface area (Å²) in [5.74, 6) is 0.167. The normalized spacial score (nSPS) is 31.4. The summed E-state index contributed by atoms with van der Waals surface area (Å²) in [5.41, 5.74) is -0.476. The summed E-state index contributed by atoms with van der Waals surface area (Å²) in [6.45, 7) is 4.35. The van der Waals surface area contributed by atoms with Crippen LogP contribution in [0.5, 0.6) is 0 Å². The highest BCUT2D eigenvalue weighted by Gasteiger charge is 2.50. The molecule has 2 heterocycles. The molecule has 0 aromatic heterocycles. The van der Waals surface area contributed by atoms with E-state index in [9.17, 15) is 9.59 Å². The average Bonchev–Trinajstić information content (AvgIpc) is 2.66. The van der Waals surface area contributed by atoms with E-state index >= 15 is 0 Å². The van der Waals surface area contributed by atoms with Gasteiger partial charge < -0.3 is 9.80 Å². The molecule has 0 bridgehead atoms. The van der Waals surface area contributed by atoms with Gasteiger partial charge in [-0.2, -0.15) is 0 Å². The Morgan fingerprint density at radius 3 is 2.60 bits per heavy atom. The summed E-state index contributed by atoms with van der Waals surface area (Å²) >= 11 is 0. The molecule has 0 N–H and O–H groups in total. The SMILES string of the molecule is CCN1CCC[C@]2(CCCN2C=O)C1=O. The van der Waals surface area contributed by atoms with Crippen LogP contribution in [0.2, 0.25) is 0 Å². The van der Waals surface area contributed by atoms with E-state index in [2.05, 4.69) is 0 Å². The van der Waals surface area contributed by atoms with Gasteiger partial charge in [-0.05, 0) is 32.6 Å². The van der Waals surface area contributed by atoms with Crippen LogP contribution in [0.1, 0.15) is 32.6 Å². The Balaban J connectivity index is 2.25. The topological polar surface area (TPSA) is 40.6 Å². The fourth-order valence-corrected chi connectivity index (χ4v) is 2.92. The predicted octanol–water partition coefficient (Wildman–Crippen LogP) is 0.620. The maximum absolute atomic E-state index is 12.3. The first-order chi connectivity index (χ1) is 7.24. The zero-order valence-electron chi connectivity index (χ0n) is 9.24. The molecule has 2 amide bonds. The first-order valence-electron chi connectivity index (χ1n) is 5.76. The van der Waals surface area contributed by atoms with Crippen molar-refractivity contribution in [3.05, 3.63) is 0 Å². The Hall–Kier alpha value is -1.06. The Morgan fingerprint density at radius 1 is 1.33 bits per heavy atom. The molecule has 0 aromatic rings. The summed E-state index contributed by atoms with van der Waals surface area (Å²) in [5, 5.41) is 0. The molecule has 2 aliphatic rings. The van der Waals surface area contributed by atoms with E-state index in [-0.39, 0.29) is 5.91 Å². The predicted molar refractivity (Wildman–Crippen MR) is 56.2 cm³/mol.